The van der Waals surface area contributed by atoms with Crippen molar-refractivity contribution < 1.29 is 9.53 Å². The summed E-state index contributed by atoms with van der Waals surface area (Å²) in [6.07, 6.45) is 9.07. The lowest BCUT2D eigenvalue weighted by Gasteiger charge is -2.26. The third kappa shape index (κ3) is 7.31. The van der Waals surface area contributed by atoms with E-state index in [-0.39, 0.29) is 5.91 Å². The summed E-state index contributed by atoms with van der Waals surface area (Å²) in [5.41, 5.74) is 3.05. The van der Waals surface area contributed by atoms with Gasteiger partial charge in [-0.3, -0.25) is 9.69 Å². The van der Waals surface area contributed by atoms with Crippen molar-refractivity contribution in [1.82, 2.24) is 14.7 Å². The zero-order valence-corrected chi connectivity index (χ0v) is 20.9. The van der Waals surface area contributed by atoms with E-state index in [2.05, 4.69) is 29.0 Å². The molecule has 0 aromatic heterocycles. The van der Waals surface area contributed by atoms with E-state index in [1.54, 1.807) is 0 Å². The van der Waals surface area contributed by atoms with E-state index in [1.165, 1.54) is 58.3 Å². The number of piperidine rings is 1. The molecular weight excluding hydrogens is 422 g/mol. The van der Waals surface area contributed by atoms with Crippen LogP contribution in [0.25, 0.3) is 11.1 Å². The van der Waals surface area contributed by atoms with Crippen LogP contribution in [-0.4, -0.2) is 80.1 Å². The molecule has 5 heteroatoms. The average molecular weight is 464 g/mol. The highest BCUT2D eigenvalue weighted by molar-refractivity contribution is 5.94. The van der Waals surface area contributed by atoms with Crippen molar-refractivity contribution in [2.24, 2.45) is 0 Å². The van der Waals surface area contributed by atoms with Gasteiger partial charge in [0.05, 0.1) is 0 Å². The zero-order chi connectivity index (χ0) is 23.6. The number of carbonyl (C=O) groups excluding carboxylic acids is 1. The minimum atomic E-state index is 0.154. The highest BCUT2D eigenvalue weighted by Gasteiger charge is 2.19. The first-order valence-electron chi connectivity index (χ1n) is 13.2. The molecule has 34 heavy (non-hydrogen) atoms. The van der Waals surface area contributed by atoms with E-state index in [0.717, 1.165) is 61.5 Å². The monoisotopic (exact) mass is 463 g/mol. The number of hydrogen-bond donors (Lipinski definition) is 0. The van der Waals surface area contributed by atoms with Gasteiger partial charge >= 0.3 is 0 Å². The summed E-state index contributed by atoms with van der Waals surface area (Å²) in [5, 5.41) is 0. The molecule has 0 saturated carbocycles. The van der Waals surface area contributed by atoms with Gasteiger partial charge in [0.25, 0.3) is 5.91 Å². The SMILES string of the molecule is CN1CCCC1.O=C(c1ccc(-c2ccc(OCCN3CCCCC3)cc2)cc1)N1CCCC1. The molecule has 2 aromatic carbocycles. The van der Waals surface area contributed by atoms with Gasteiger partial charge < -0.3 is 14.5 Å². The van der Waals surface area contributed by atoms with E-state index in [1.807, 2.05) is 41.3 Å². The molecule has 2 aromatic rings. The Morgan fingerprint density at radius 3 is 1.79 bits per heavy atom. The van der Waals surface area contributed by atoms with Crippen molar-refractivity contribution in [3.05, 3.63) is 54.1 Å². The molecular formula is C29H41N3O2. The molecule has 184 valence electrons. The van der Waals surface area contributed by atoms with Crippen LogP contribution in [-0.2, 0) is 0 Å². The molecule has 0 unspecified atom stereocenters. The fourth-order valence-corrected chi connectivity index (χ4v) is 5.00. The summed E-state index contributed by atoms with van der Waals surface area (Å²) in [5.74, 6) is 1.07. The summed E-state index contributed by atoms with van der Waals surface area (Å²) in [6.45, 7) is 8.58. The van der Waals surface area contributed by atoms with Crippen LogP contribution in [0.15, 0.2) is 48.5 Å². The molecule has 0 radical (unpaired) electrons. The van der Waals surface area contributed by atoms with Crippen molar-refractivity contribution in [3.8, 4) is 16.9 Å². The van der Waals surface area contributed by atoms with Crippen LogP contribution in [0.1, 0.15) is 55.3 Å². The summed E-state index contributed by atoms with van der Waals surface area (Å²) >= 11 is 0. The van der Waals surface area contributed by atoms with E-state index in [0.29, 0.717) is 0 Å². The Bertz CT molecular complexity index is 863. The number of amides is 1. The largest absolute Gasteiger partial charge is 0.492 e. The van der Waals surface area contributed by atoms with Gasteiger partial charge in [0.15, 0.2) is 0 Å². The Morgan fingerprint density at radius 2 is 1.24 bits per heavy atom. The van der Waals surface area contributed by atoms with Crippen LogP contribution in [0.5, 0.6) is 5.75 Å². The molecule has 0 atom stereocenters. The second kappa shape index (κ2) is 12.9. The van der Waals surface area contributed by atoms with E-state index >= 15 is 0 Å². The Kier molecular flexibility index (Phi) is 9.40. The Morgan fingerprint density at radius 1 is 0.706 bits per heavy atom. The molecule has 0 aliphatic carbocycles. The topological polar surface area (TPSA) is 36.0 Å². The van der Waals surface area contributed by atoms with Gasteiger partial charge in [-0.15, -0.1) is 0 Å². The minimum absolute atomic E-state index is 0.154. The van der Waals surface area contributed by atoms with Gasteiger partial charge in [-0.1, -0.05) is 30.7 Å². The van der Waals surface area contributed by atoms with Crippen LogP contribution in [0.4, 0.5) is 0 Å². The number of benzene rings is 2. The van der Waals surface area contributed by atoms with Crippen LogP contribution in [0, 0.1) is 0 Å². The molecule has 3 aliphatic rings. The predicted octanol–water partition coefficient (Wildman–Crippen LogP) is 5.17. The maximum absolute atomic E-state index is 12.5. The number of hydrogen-bond acceptors (Lipinski definition) is 4. The summed E-state index contributed by atoms with van der Waals surface area (Å²) in [4.78, 5) is 19.3. The molecule has 0 spiro atoms. The molecule has 0 N–H and O–H groups in total. The Balaban J connectivity index is 0.000000398. The standard InChI is InChI=1S/C24H30N2O2.C5H11N/c27-24(26-16-4-5-17-26)22-8-6-20(7-9-22)21-10-12-23(13-11-21)28-19-18-25-14-2-1-3-15-25;1-6-4-2-3-5-6/h6-13H,1-5,14-19H2;2-5H2,1H3. The van der Waals surface area contributed by atoms with Crippen molar-refractivity contribution >= 4 is 5.91 Å². The number of ether oxygens (including phenoxy) is 1. The minimum Gasteiger partial charge on any atom is -0.492 e. The average Bonchev–Trinajstić information content (AvgIpc) is 3.60. The summed E-state index contributed by atoms with van der Waals surface area (Å²) in [6, 6.07) is 16.2. The van der Waals surface area contributed by atoms with Gasteiger partial charge in [0.2, 0.25) is 0 Å². The van der Waals surface area contributed by atoms with Crippen LogP contribution in [0.3, 0.4) is 0 Å². The third-order valence-corrected chi connectivity index (χ3v) is 7.17. The van der Waals surface area contributed by atoms with E-state index in [9.17, 15) is 4.79 Å². The fourth-order valence-electron chi connectivity index (χ4n) is 5.00. The second-order valence-electron chi connectivity index (χ2n) is 9.86. The third-order valence-electron chi connectivity index (χ3n) is 7.17. The van der Waals surface area contributed by atoms with Crippen LogP contribution < -0.4 is 4.74 Å². The molecule has 3 heterocycles. The number of carbonyl (C=O) groups is 1. The lowest BCUT2D eigenvalue weighted by atomic mass is 10.0. The highest BCUT2D eigenvalue weighted by atomic mass is 16.5. The number of likely N-dealkylation sites (tertiary alicyclic amines) is 3. The van der Waals surface area contributed by atoms with Gasteiger partial charge in [-0.25, -0.2) is 0 Å². The molecule has 0 bridgehead atoms. The normalized spacial score (nSPS) is 19.0. The second-order valence-corrected chi connectivity index (χ2v) is 9.86. The van der Waals surface area contributed by atoms with Gasteiger partial charge in [0.1, 0.15) is 12.4 Å². The smallest absolute Gasteiger partial charge is 0.253 e. The maximum Gasteiger partial charge on any atom is 0.253 e. The van der Waals surface area contributed by atoms with Crippen LogP contribution >= 0.6 is 0 Å². The lowest BCUT2D eigenvalue weighted by Crippen LogP contribution is -2.33. The molecule has 1 amide bonds. The molecule has 3 aliphatic heterocycles. The van der Waals surface area contributed by atoms with Gasteiger partial charge in [-0.05, 0) is 107 Å². The first-order chi connectivity index (χ1) is 16.7. The fraction of sp³-hybridized carbons (Fsp3) is 0.552. The van der Waals surface area contributed by atoms with Crippen molar-refractivity contribution in [2.45, 2.75) is 44.9 Å². The first-order valence-corrected chi connectivity index (χ1v) is 13.2. The highest BCUT2D eigenvalue weighted by Crippen LogP contribution is 2.24. The van der Waals surface area contributed by atoms with Gasteiger partial charge in [0, 0.05) is 25.2 Å². The zero-order valence-electron chi connectivity index (χ0n) is 20.9. The summed E-state index contributed by atoms with van der Waals surface area (Å²) in [7, 11) is 2.17. The number of nitrogens with zero attached hydrogens (tertiary/aromatic N) is 3. The Labute approximate surface area is 205 Å². The first kappa shape index (κ1) is 24.7. The molecule has 5 rings (SSSR count). The summed E-state index contributed by atoms with van der Waals surface area (Å²) < 4.78 is 5.92. The lowest BCUT2D eigenvalue weighted by molar-refractivity contribution is 0.0793. The van der Waals surface area contributed by atoms with Crippen molar-refractivity contribution in [1.29, 1.82) is 0 Å². The van der Waals surface area contributed by atoms with Gasteiger partial charge in [-0.2, -0.15) is 0 Å². The van der Waals surface area contributed by atoms with E-state index in [4.69, 9.17) is 4.74 Å². The van der Waals surface area contributed by atoms with E-state index < -0.39 is 0 Å². The van der Waals surface area contributed by atoms with Crippen molar-refractivity contribution in [3.63, 3.8) is 0 Å². The molecule has 3 saturated heterocycles. The Hall–Kier alpha value is -2.37. The molecule has 5 nitrogen and oxygen atoms in total. The predicted molar refractivity (Wildman–Crippen MR) is 140 cm³/mol. The van der Waals surface area contributed by atoms with Crippen molar-refractivity contribution in [2.75, 3.05) is 59.5 Å². The maximum atomic E-state index is 12.5. The quantitative estimate of drug-likeness (QED) is 0.592. The molecule has 3 fully saturated rings. The van der Waals surface area contributed by atoms with Crippen LogP contribution in [0.2, 0.25) is 0 Å². The number of rotatable bonds is 6.